The van der Waals surface area contributed by atoms with E-state index in [1.165, 1.54) is 5.56 Å². The lowest BCUT2D eigenvalue weighted by Gasteiger charge is -2.19. The first-order valence-corrected chi connectivity index (χ1v) is 10.6. The summed E-state index contributed by atoms with van der Waals surface area (Å²) in [6.45, 7) is 2.55. The Hall–Kier alpha value is -2.57. The van der Waals surface area contributed by atoms with Gasteiger partial charge in [-0.3, -0.25) is 14.7 Å². The summed E-state index contributed by atoms with van der Waals surface area (Å²) in [5.74, 6) is 0.0419. The topological polar surface area (TPSA) is 46.1 Å². The van der Waals surface area contributed by atoms with E-state index >= 15 is 0 Å². The van der Waals surface area contributed by atoms with E-state index in [-0.39, 0.29) is 5.91 Å². The fraction of sp³-hybridized carbons (Fsp3) is 0.190. The highest BCUT2D eigenvalue weighted by Crippen LogP contribution is 2.32. The zero-order valence-electron chi connectivity index (χ0n) is 15.0. The Labute approximate surface area is 166 Å². The van der Waals surface area contributed by atoms with E-state index in [1.807, 2.05) is 35.7 Å². The molecule has 136 valence electrons. The fourth-order valence-corrected chi connectivity index (χ4v) is 4.69. The number of hydrogen-bond acceptors (Lipinski definition) is 5. The zero-order chi connectivity index (χ0) is 18.6. The highest BCUT2D eigenvalue weighted by atomic mass is 32.1. The van der Waals surface area contributed by atoms with Gasteiger partial charge in [0.05, 0.1) is 28.9 Å². The number of aromatic nitrogens is 2. The lowest BCUT2D eigenvalue weighted by Crippen LogP contribution is -2.31. The summed E-state index contributed by atoms with van der Waals surface area (Å²) in [4.78, 5) is 25.2. The largest absolute Gasteiger partial charge is 0.282 e. The van der Waals surface area contributed by atoms with Gasteiger partial charge in [0.1, 0.15) is 0 Å². The number of para-hydroxylation sites is 1. The van der Waals surface area contributed by atoms with Gasteiger partial charge in [-0.2, -0.15) is 0 Å². The van der Waals surface area contributed by atoms with Crippen LogP contribution in [0.25, 0.3) is 10.2 Å². The summed E-state index contributed by atoms with van der Waals surface area (Å²) < 4.78 is 1.11. The second kappa shape index (κ2) is 7.98. The summed E-state index contributed by atoms with van der Waals surface area (Å²) >= 11 is 3.17. The number of nitrogens with zero attached hydrogens (tertiary/aromatic N) is 3. The van der Waals surface area contributed by atoms with Crippen molar-refractivity contribution in [1.82, 2.24) is 9.97 Å². The van der Waals surface area contributed by atoms with Crippen LogP contribution in [-0.4, -0.2) is 15.9 Å². The minimum absolute atomic E-state index is 0.0419. The van der Waals surface area contributed by atoms with Crippen molar-refractivity contribution >= 4 is 43.9 Å². The summed E-state index contributed by atoms with van der Waals surface area (Å²) in [5.41, 5.74) is 3.06. The number of thiophene rings is 1. The van der Waals surface area contributed by atoms with Crippen LogP contribution in [0.3, 0.4) is 0 Å². The number of fused-ring (bicyclic) bond motifs is 1. The van der Waals surface area contributed by atoms with Gasteiger partial charge in [-0.25, -0.2) is 4.98 Å². The molecule has 0 atom stereocenters. The van der Waals surface area contributed by atoms with Gasteiger partial charge in [0.2, 0.25) is 5.91 Å². The van der Waals surface area contributed by atoms with Crippen LogP contribution in [0.15, 0.2) is 60.1 Å². The number of pyridine rings is 1. The highest BCUT2D eigenvalue weighted by Gasteiger charge is 2.22. The van der Waals surface area contributed by atoms with Crippen LogP contribution in [0.5, 0.6) is 0 Å². The Balaban J connectivity index is 1.71. The molecule has 3 aromatic heterocycles. The van der Waals surface area contributed by atoms with Gasteiger partial charge in [0.15, 0.2) is 5.13 Å². The molecule has 6 heteroatoms. The Morgan fingerprint density at radius 3 is 2.78 bits per heavy atom. The van der Waals surface area contributed by atoms with E-state index in [9.17, 15) is 4.79 Å². The van der Waals surface area contributed by atoms with Crippen LogP contribution < -0.4 is 4.90 Å². The molecule has 0 saturated carbocycles. The average Bonchev–Trinajstić information content (AvgIpc) is 3.36. The van der Waals surface area contributed by atoms with Crippen molar-refractivity contribution in [2.45, 2.75) is 26.3 Å². The number of benzene rings is 1. The lowest BCUT2D eigenvalue weighted by atomic mass is 10.1. The zero-order valence-corrected chi connectivity index (χ0v) is 16.6. The SMILES string of the molecule is CCc1cccc2sc(N(Cc3ccccn3)C(=O)Cc3cccs3)nc12. The van der Waals surface area contributed by atoms with Crippen LogP contribution >= 0.6 is 22.7 Å². The number of rotatable bonds is 6. The molecule has 0 spiro atoms. The summed E-state index contributed by atoms with van der Waals surface area (Å²) in [5, 5.41) is 2.73. The molecule has 4 nitrogen and oxygen atoms in total. The van der Waals surface area contributed by atoms with Gasteiger partial charge in [-0.05, 0) is 41.6 Å². The summed E-state index contributed by atoms with van der Waals surface area (Å²) in [6, 6.07) is 16.0. The minimum Gasteiger partial charge on any atom is -0.282 e. The second-order valence-electron chi connectivity index (χ2n) is 6.17. The van der Waals surface area contributed by atoms with E-state index in [4.69, 9.17) is 4.98 Å². The highest BCUT2D eigenvalue weighted by molar-refractivity contribution is 7.22. The molecule has 0 aliphatic rings. The Kier molecular flexibility index (Phi) is 5.27. The second-order valence-corrected chi connectivity index (χ2v) is 8.21. The lowest BCUT2D eigenvalue weighted by molar-refractivity contribution is -0.118. The van der Waals surface area contributed by atoms with Gasteiger partial charge in [-0.15, -0.1) is 11.3 Å². The molecule has 0 N–H and O–H groups in total. The molecule has 0 aliphatic carbocycles. The smallest absolute Gasteiger partial charge is 0.234 e. The number of anilines is 1. The third-order valence-electron chi connectivity index (χ3n) is 4.36. The molecular weight excluding hydrogens is 374 g/mol. The van der Waals surface area contributed by atoms with Crippen molar-refractivity contribution in [1.29, 1.82) is 0 Å². The van der Waals surface area contributed by atoms with E-state index < -0.39 is 0 Å². The third kappa shape index (κ3) is 3.91. The van der Waals surface area contributed by atoms with Crippen molar-refractivity contribution in [3.05, 3.63) is 76.2 Å². The number of carbonyl (C=O) groups excluding carboxylic acids is 1. The van der Waals surface area contributed by atoms with Gasteiger partial charge in [0.25, 0.3) is 0 Å². The molecule has 1 amide bonds. The predicted octanol–water partition coefficient (Wildman–Crippen LogP) is 5.09. The summed E-state index contributed by atoms with van der Waals surface area (Å²) in [6.07, 6.45) is 3.05. The van der Waals surface area contributed by atoms with Gasteiger partial charge in [-0.1, -0.05) is 42.5 Å². The average molecular weight is 394 g/mol. The number of thiazole rings is 1. The van der Waals surface area contributed by atoms with Crippen molar-refractivity contribution in [2.24, 2.45) is 0 Å². The first-order chi connectivity index (χ1) is 13.2. The normalized spacial score (nSPS) is 11.0. The van der Waals surface area contributed by atoms with Gasteiger partial charge in [0, 0.05) is 11.1 Å². The number of carbonyl (C=O) groups is 1. The van der Waals surface area contributed by atoms with E-state index in [2.05, 4.69) is 30.1 Å². The first kappa shape index (κ1) is 17.8. The Morgan fingerprint density at radius 1 is 1.11 bits per heavy atom. The fourth-order valence-electron chi connectivity index (χ4n) is 2.97. The predicted molar refractivity (Wildman–Crippen MR) is 112 cm³/mol. The molecule has 0 bridgehead atoms. The molecule has 4 rings (SSSR count). The Morgan fingerprint density at radius 2 is 2.04 bits per heavy atom. The number of amides is 1. The maximum absolute atomic E-state index is 13.1. The quantitative estimate of drug-likeness (QED) is 0.458. The minimum atomic E-state index is 0.0419. The van der Waals surface area contributed by atoms with Crippen molar-refractivity contribution in [3.8, 4) is 0 Å². The molecule has 4 aromatic rings. The molecule has 27 heavy (non-hydrogen) atoms. The monoisotopic (exact) mass is 393 g/mol. The van der Waals surface area contributed by atoms with Gasteiger partial charge >= 0.3 is 0 Å². The van der Waals surface area contributed by atoms with Crippen LogP contribution in [0.4, 0.5) is 5.13 Å². The molecule has 0 saturated heterocycles. The molecule has 0 unspecified atom stereocenters. The maximum atomic E-state index is 13.1. The van der Waals surface area contributed by atoms with Crippen LogP contribution in [-0.2, 0) is 24.2 Å². The summed E-state index contributed by atoms with van der Waals surface area (Å²) in [7, 11) is 0. The van der Waals surface area contributed by atoms with Crippen LogP contribution in [0.1, 0.15) is 23.1 Å². The third-order valence-corrected chi connectivity index (χ3v) is 6.28. The van der Waals surface area contributed by atoms with Crippen LogP contribution in [0, 0.1) is 0 Å². The van der Waals surface area contributed by atoms with E-state index in [0.717, 1.165) is 32.3 Å². The molecule has 0 aliphatic heterocycles. The molecule has 0 fully saturated rings. The van der Waals surface area contributed by atoms with Gasteiger partial charge < -0.3 is 0 Å². The first-order valence-electron chi connectivity index (χ1n) is 8.85. The van der Waals surface area contributed by atoms with Crippen molar-refractivity contribution in [2.75, 3.05) is 4.90 Å². The number of aryl methyl sites for hydroxylation is 1. The maximum Gasteiger partial charge on any atom is 0.234 e. The molecule has 1 aromatic carbocycles. The molecule has 3 heterocycles. The Bertz CT molecular complexity index is 1040. The van der Waals surface area contributed by atoms with Crippen LogP contribution in [0.2, 0.25) is 0 Å². The van der Waals surface area contributed by atoms with Crippen molar-refractivity contribution in [3.63, 3.8) is 0 Å². The standard InChI is InChI=1S/C21H19N3OS2/c1-2-15-7-5-10-18-20(15)23-21(27-18)24(14-16-8-3-4-11-22-16)19(25)13-17-9-6-12-26-17/h3-12H,2,13-14H2,1H3. The van der Waals surface area contributed by atoms with E-state index in [0.29, 0.717) is 13.0 Å². The van der Waals surface area contributed by atoms with E-state index in [1.54, 1.807) is 33.8 Å². The van der Waals surface area contributed by atoms with Crippen molar-refractivity contribution < 1.29 is 4.79 Å². The molecule has 0 radical (unpaired) electrons. The molecular formula is C21H19N3OS2. The number of hydrogen-bond donors (Lipinski definition) is 0.